The molecule has 1 aromatic carbocycles. The van der Waals surface area contributed by atoms with Crippen molar-refractivity contribution >= 4 is 21.3 Å². The standard InChI is InChI=1S/C17H19N3O5S/c1-9-7-11(15(21)12-8-18-20(3)17(12)22)10(2)14-13(19-25-4)5-6-26(23,24)16(9)14/h7-8,18H,5-6H2,1-4H3/b19-13+. The molecule has 8 nitrogen and oxygen atoms in total. The fraction of sp³-hybridized carbons (Fsp3) is 0.353. The molecular formula is C17H19N3O5S. The van der Waals surface area contributed by atoms with Crippen LogP contribution in [-0.4, -0.2) is 42.6 Å². The van der Waals surface area contributed by atoms with Crippen LogP contribution in [0.4, 0.5) is 0 Å². The average Bonchev–Trinajstić information content (AvgIpc) is 2.91. The van der Waals surface area contributed by atoms with Crippen molar-refractivity contribution < 1.29 is 18.0 Å². The minimum Gasteiger partial charge on any atom is -0.399 e. The third-order valence-corrected chi connectivity index (χ3v) is 6.45. The number of rotatable bonds is 3. The van der Waals surface area contributed by atoms with Crippen LogP contribution in [0.2, 0.25) is 0 Å². The van der Waals surface area contributed by atoms with Crippen LogP contribution in [0.1, 0.15) is 39.0 Å². The van der Waals surface area contributed by atoms with Crippen molar-refractivity contribution in [1.82, 2.24) is 9.78 Å². The number of aromatic nitrogens is 2. The van der Waals surface area contributed by atoms with E-state index in [-0.39, 0.29) is 28.2 Å². The minimum atomic E-state index is -3.48. The molecule has 1 aliphatic rings. The van der Waals surface area contributed by atoms with Crippen molar-refractivity contribution in [3.8, 4) is 0 Å². The summed E-state index contributed by atoms with van der Waals surface area (Å²) in [6.07, 6.45) is 1.55. The van der Waals surface area contributed by atoms with E-state index < -0.39 is 21.2 Å². The molecule has 0 aliphatic carbocycles. The molecule has 0 saturated carbocycles. The predicted molar refractivity (Wildman–Crippen MR) is 95.6 cm³/mol. The highest BCUT2D eigenvalue weighted by molar-refractivity contribution is 7.91. The zero-order chi connectivity index (χ0) is 19.2. The van der Waals surface area contributed by atoms with E-state index in [1.54, 1.807) is 13.8 Å². The maximum absolute atomic E-state index is 12.9. The summed E-state index contributed by atoms with van der Waals surface area (Å²) in [5.41, 5.74) is 1.63. The highest BCUT2D eigenvalue weighted by Gasteiger charge is 2.34. The van der Waals surface area contributed by atoms with E-state index in [2.05, 4.69) is 10.3 Å². The first-order valence-corrected chi connectivity index (χ1v) is 9.60. The fourth-order valence-corrected chi connectivity index (χ4v) is 5.10. The zero-order valence-electron chi connectivity index (χ0n) is 14.9. The Morgan fingerprint density at radius 3 is 2.58 bits per heavy atom. The van der Waals surface area contributed by atoms with Crippen molar-refractivity contribution in [2.24, 2.45) is 12.2 Å². The second-order valence-corrected chi connectivity index (χ2v) is 8.29. The second-order valence-electron chi connectivity index (χ2n) is 6.24. The number of hydrogen-bond acceptors (Lipinski definition) is 6. The number of carbonyl (C=O) groups is 1. The lowest BCUT2D eigenvalue weighted by molar-refractivity contribution is 0.103. The molecule has 3 rings (SSSR count). The van der Waals surface area contributed by atoms with Crippen LogP contribution in [0.3, 0.4) is 0 Å². The summed E-state index contributed by atoms with van der Waals surface area (Å²) >= 11 is 0. The van der Waals surface area contributed by atoms with Gasteiger partial charge >= 0.3 is 0 Å². The first-order chi connectivity index (χ1) is 12.2. The van der Waals surface area contributed by atoms with Crippen molar-refractivity contribution in [1.29, 1.82) is 0 Å². The molecule has 2 heterocycles. The summed E-state index contributed by atoms with van der Waals surface area (Å²) in [6.45, 7) is 3.30. The Hall–Kier alpha value is -2.68. The Morgan fingerprint density at radius 1 is 1.31 bits per heavy atom. The van der Waals surface area contributed by atoms with Gasteiger partial charge in [-0.1, -0.05) is 5.16 Å². The van der Waals surface area contributed by atoms with Crippen LogP contribution in [0.5, 0.6) is 0 Å². The zero-order valence-corrected chi connectivity index (χ0v) is 15.7. The number of nitrogens with zero attached hydrogens (tertiary/aromatic N) is 2. The first-order valence-electron chi connectivity index (χ1n) is 7.95. The van der Waals surface area contributed by atoms with E-state index in [0.29, 0.717) is 22.4 Å². The van der Waals surface area contributed by atoms with Gasteiger partial charge in [-0.05, 0) is 31.0 Å². The molecule has 138 valence electrons. The third-order valence-electron chi connectivity index (χ3n) is 4.56. The van der Waals surface area contributed by atoms with Crippen LogP contribution in [-0.2, 0) is 21.7 Å². The summed E-state index contributed by atoms with van der Waals surface area (Å²) in [5, 5.41) is 6.63. The smallest absolute Gasteiger partial charge is 0.277 e. The van der Waals surface area contributed by atoms with E-state index in [9.17, 15) is 18.0 Å². The van der Waals surface area contributed by atoms with Crippen molar-refractivity contribution in [2.75, 3.05) is 12.9 Å². The molecule has 1 aromatic heterocycles. The van der Waals surface area contributed by atoms with Gasteiger partial charge in [0.25, 0.3) is 5.56 Å². The molecular weight excluding hydrogens is 358 g/mol. The molecule has 0 unspecified atom stereocenters. The van der Waals surface area contributed by atoms with Gasteiger partial charge in [0, 0.05) is 30.8 Å². The number of aromatic amines is 1. The van der Waals surface area contributed by atoms with Gasteiger partial charge in [-0.15, -0.1) is 0 Å². The molecule has 0 spiro atoms. The van der Waals surface area contributed by atoms with Crippen molar-refractivity contribution in [2.45, 2.75) is 25.2 Å². The van der Waals surface area contributed by atoms with Crippen LogP contribution in [0.15, 0.2) is 27.1 Å². The van der Waals surface area contributed by atoms with Gasteiger partial charge in [-0.2, -0.15) is 0 Å². The normalized spacial score (nSPS) is 17.2. The molecule has 9 heteroatoms. The number of hydrogen-bond donors (Lipinski definition) is 1. The second kappa shape index (κ2) is 6.24. The van der Waals surface area contributed by atoms with Crippen molar-refractivity contribution in [3.05, 3.63) is 50.4 Å². The van der Waals surface area contributed by atoms with Gasteiger partial charge in [0.05, 0.1) is 16.4 Å². The van der Waals surface area contributed by atoms with E-state index in [4.69, 9.17) is 4.84 Å². The van der Waals surface area contributed by atoms with Crippen LogP contribution < -0.4 is 5.56 Å². The summed E-state index contributed by atoms with van der Waals surface area (Å²) in [4.78, 5) is 30.1. The molecule has 1 aliphatic heterocycles. The first kappa shape index (κ1) is 18.1. The fourth-order valence-electron chi connectivity index (χ4n) is 3.31. The van der Waals surface area contributed by atoms with E-state index in [1.807, 2.05) is 0 Å². The van der Waals surface area contributed by atoms with Gasteiger partial charge < -0.3 is 9.94 Å². The lowest BCUT2D eigenvalue weighted by Gasteiger charge is -2.23. The Labute approximate surface area is 150 Å². The average molecular weight is 377 g/mol. The number of aryl methyl sites for hydroxylation is 2. The van der Waals surface area contributed by atoms with E-state index in [0.717, 1.165) is 0 Å². The number of carbonyl (C=O) groups excluding carboxylic acids is 1. The predicted octanol–water partition coefficient (Wildman–Crippen LogP) is 1.09. The van der Waals surface area contributed by atoms with E-state index in [1.165, 1.54) is 31.1 Å². The minimum absolute atomic E-state index is 0.00107. The quantitative estimate of drug-likeness (QED) is 0.636. The summed E-state index contributed by atoms with van der Waals surface area (Å²) in [5.74, 6) is -0.524. The summed E-state index contributed by atoms with van der Waals surface area (Å²) in [7, 11) is -0.578. The Balaban J connectivity index is 2.32. The molecule has 2 aromatic rings. The molecule has 1 N–H and O–H groups in total. The molecule has 0 amide bonds. The molecule has 0 fully saturated rings. The van der Waals surface area contributed by atoms with Gasteiger partial charge in [-0.25, -0.2) is 8.42 Å². The molecule has 0 bridgehead atoms. The number of H-pyrrole nitrogens is 1. The summed E-state index contributed by atoms with van der Waals surface area (Å²) in [6, 6.07) is 1.52. The van der Waals surface area contributed by atoms with Gasteiger partial charge in [-0.3, -0.25) is 14.3 Å². The van der Waals surface area contributed by atoms with Crippen LogP contribution >= 0.6 is 0 Å². The number of nitrogens with one attached hydrogen (secondary N) is 1. The highest BCUT2D eigenvalue weighted by Crippen LogP contribution is 2.33. The molecule has 0 atom stereocenters. The maximum atomic E-state index is 12.9. The third kappa shape index (κ3) is 2.68. The Morgan fingerprint density at radius 2 is 2.00 bits per heavy atom. The number of fused-ring (bicyclic) bond motifs is 1. The van der Waals surface area contributed by atoms with Gasteiger partial charge in [0.15, 0.2) is 15.6 Å². The number of ketones is 1. The number of oxime groups is 1. The van der Waals surface area contributed by atoms with Gasteiger partial charge in [0.2, 0.25) is 0 Å². The summed E-state index contributed by atoms with van der Waals surface area (Å²) < 4.78 is 26.3. The molecule has 26 heavy (non-hydrogen) atoms. The lowest BCUT2D eigenvalue weighted by atomic mass is 9.91. The van der Waals surface area contributed by atoms with Crippen LogP contribution in [0, 0.1) is 13.8 Å². The van der Waals surface area contributed by atoms with Crippen LogP contribution in [0.25, 0.3) is 0 Å². The Bertz CT molecular complexity index is 1110. The van der Waals surface area contributed by atoms with E-state index >= 15 is 0 Å². The number of benzene rings is 1. The van der Waals surface area contributed by atoms with Crippen molar-refractivity contribution in [3.63, 3.8) is 0 Å². The van der Waals surface area contributed by atoms with Gasteiger partial charge in [0.1, 0.15) is 12.7 Å². The number of sulfone groups is 1. The lowest BCUT2D eigenvalue weighted by Crippen LogP contribution is -2.26. The SMILES string of the molecule is CO/N=C1\CCS(=O)(=O)c2c(C)cc(C(=O)c3c[nH]n(C)c3=O)c(C)c21. The maximum Gasteiger partial charge on any atom is 0.277 e. The highest BCUT2D eigenvalue weighted by atomic mass is 32.2. The molecule has 0 radical (unpaired) electrons. The largest absolute Gasteiger partial charge is 0.399 e. The topological polar surface area (TPSA) is 111 Å². The Kier molecular flexibility index (Phi) is 4.35. The molecule has 0 saturated heterocycles. The monoisotopic (exact) mass is 377 g/mol.